The van der Waals surface area contributed by atoms with E-state index in [1.54, 1.807) is 19.2 Å². The van der Waals surface area contributed by atoms with Crippen molar-refractivity contribution in [1.82, 2.24) is 4.31 Å². The fourth-order valence-corrected chi connectivity index (χ4v) is 3.04. The summed E-state index contributed by atoms with van der Waals surface area (Å²) in [5, 5.41) is 0. The SMILES string of the molecule is CN1CCc2ccc(N)cc2S1(=O)=O. The first-order valence-corrected chi connectivity index (χ1v) is 5.80. The molecule has 0 aliphatic carbocycles. The largest absolute Gasteiger partial charge is 0.399 e. The van der Waals surface area contributed by atoms with Crippen LogP contribution in [-0.4, -0.2) is 26.3 Å². The molecule has 1 heterocycles. The van der Waals surface area contributed by atoms with Crippen LogP contribution >= 0.6 is 0 Å². The van der Waals surface area contributed by atoms with Crippen molar-refractivity contribution >= 4 is 15.7 Å². The van der Waals surface area contributed by atoms with Crippen LogP contribution in [-0.2, 0) is 16.4 Å². The Kier molecular flexibility index (Phi) is 2.01. The van der Waals surface area contributed by atoms with Crippen LogP contribution < -0.4 is 5.73 Å². The van der Waals surface area contributed by atoms with Crippen molar-refractivity contribution < 1.29 is 8.42 Å². The van der Waals surface area contributed by atoms with E-state index in [9.17, 15) is 8.42 Å². The smallest absolute Gasteiger partial charge is 0.243 e. The van der Waals surface area contributed by atoms with E-state index in [2.05, 4.69) is 0 Å². The number of sulfonamides is 1. The minimum absolute atomic E-state index is 0.353. The third-order valence-electron chi connectivity index (χ3n) is 2.48. The number of hydrogen-bond acceptors (Lipinski definition) is 3. The fourth-order valence-electron chi connectivity index (χ4n) is 1.58. The van der Waals surface area contributed by atoms with Crippen molar-refractivity contribution in [3.8, 4) is 0 Å². The summed E-state index contributed by atoms with van der Waals surface area (Å²) in [4.78, 5) is 0.353. The molecule has 1 aliphatic rings. The molecule has 5 heteroatoms. The molecule has 76 valence electrons. The van der Waals surface area contributed by atoms with Crippen LogP contribution in [0.2, 0.25) is 0 Å². The molecule has 0 spiro atoms. The maximum atomic E-state index is 11.8. The number of likely N-dealkylation sites (N-methyl/N-ethyl adjacent to an activating group) is 1. The molecular weight excluding hydrogens is 200 g/mol. The van der Waals surface area contributed by atoms with Gasteiger partial charge >= 0.3 is 0 Å². The van der Waals surface area contributed by atoms with Crippen molar-refractivity contribution in [2.75, 3.05) is 19.3 Å². The van der Waals surface area contributed by atoms with Crippen molar-refractivity contribution in [2.24, 2.45) is 0 Å². The molecule has 1 aromatic carbocycles. The summed E-state index contributed by atoms with van der Waals surface area (Å²) in [5.41, 5.74) is 6.91. The highest BCUT2D eigenvalue weighted by Crippen LogP contribution is 2.26. The highest BCUT2D eigenvalue weighted by atomic mass is 32.2. The van der Waals surface area contributed by atoms with Crippen molar-refractivity contribution in [1.29, 1.82) is 0 Å². The summed E-state index contributed by atoms with van der Waals surface area (Å²) >= 11 is 0. The molecule has 0 radical (unpaired) electrons. The lowest BCUT2D eigenvalue weighted by atomic mass is 10.1. The van der Waals surface area contributed by atoms with Gasteiger partial charge in [-0.1, -0.05) is 6.07 Å². The molecule has 0 saturated heterocycles. The van der Waals surface area contributed by atoms with Crippen LogP contribution in [0.5, 0.6) is 0 Å². The van der Waals surface area contributed by atoms with Gasteiger partial charge in [-0.3, -0.25) is 0 Å². The zero-order chi connectivity index (χ0) is 10.3. The van der Waals surface area contributed by atoms with E-state index in [4.69, 9.17) is 5.73 Å². The van der Waals surface area contributed by atoms with Crippen LogP contribution in [0.1, 0.15) is 5.56 Å². The summed E-state index contributed by atoms with van der Waals surface area (Å²) in [6, 6.07) is 5.05. The fraction of sp³-hybridized carbons (Fsp3) is 0.333. The van der Waals surface area contributed by atoms with Crippen LogP contribution in [0.25, 0.3) is 0 Å². The molecule has 1 aromatic rings. The predicted octanol–water partition coefficient (Wildman–Crippen LogP) is 0.445. The molecule has 4 nitrogen and oxygen atoms in total. The number of rotatable bonds is 0. The van der Waals surface area contributed by atoms with Gasteiger partial charge in [0, 0.05) is 19.3 Å². The standard InChI is InChI=1S/C9H12N2O2S/c1-11-5-4-7-2-3-8(10)6-9(7)14(11,12)13/h2-3,6H,4-5,10H2,1H3. The Bertz CT molecular complexity index is 468. The molecule has 1 aliphatic heterocycles. The average molecular weight is 212 g/mol. The quantitative estimate of drug-likeness (QED) is 0.635. The molecule has 0 bridgehead atoms. The van der Waals surface area contributed by atoms with E-state index in [1.807, 2.05) is 0 Å². The lowest BCUT2D eigenvalue weighted by molar-refractivity contribution is 0.457. The minimum Gasteiger partial charge on any atom is -0.399 e. The molecule has 0 fully saturated rings. The van der Waals surface area contributed by atoms with Gasteiger partial charge in [-0.05, 0) is 24.1 Å². The molecule has 0 aromatic heterocycles. The van der Waals surface area contributed by atoms with E-state index in [0.717, 1.165) is 12.0 Å². The Morgan fingerprint density at radius 1 is 1.43 bits per heavy atom. The minimum atomic E-state index is -3.29. The lowest BCUT2D eigenvalue weighted by Gasteiger charge is -2.24. The molecule has 0 saturated carbocycles. The normalized spacial score (nSPS) is 20.4. The van der Waals surface area contributed by atoms with E-state index in [-0.39, 0.29) is 0 Å². The molecule has 14 heavy (non-hydrogen) atoms. The van der Waals surface area contributed by atoms with Gasteiger partial charge in [-0.15, -0.1) is 0 Å². The Morgan fingerprint density at radius 2 is 2.14 bits per heavy atom. The van der Waals surface area contributed by atoms with Gasteiger partial charge in [-0.25, -0.2) is 12.7 Å². The van der Waals surface area contributed by atoms with Gasteiger partial charge in [0.05, 0.1) is 4.90 Å². The number of fused-ring (bicyclic) bond motifs is 1. The lowest BCUT2D eigenvalue weighted by Crippen LogP contribution is -2.34. The zero-order valence-corrected chi connectivity index (χ0v) is 8.71. The van der Waals surface area contributed by atoms with Crippen LogP contribution in [0.4, 0.5) is 5.69 Å². The number of hydrogen-bond donors (Lipinski definition) is 1. The summed E-state index contributed by atoms with van der Waals surface area (Å²) in [5.74, 6) is 0. The van der Waals surface area contributed by atoms with Crippen molar-refractivity contribution in [3.05, 3.63) is 23.8 Å². The molecule has 0 atom stereocenters. The van der Waals surface area contributed by atoms with Gasteiger partial charge in [0.15, 0.2) is 0 Å². The van der Waals surface area contributed by atoms with E-state index < -0.39 is 10.0 Å². The van der Waals surface area contributed by atoms with Crippen LogP contribution in [0.3, 0.4) is 0 Å². The first-order chi connectivity index (χ1) is 6.51. The van der Waals surface area contributed by atoms with E-state index >= 15 is 0 Å². The maximum absolute atomic E-state index is 11.8. The third kappa shape index (κ3) is 1.29. The monoisotopic (exact) mass is 212 g/mol. The van der Waals surface area contributed by atoms with E-state index in [1.165, 1.54) is 10.4 Å². The third-order valence-corrected chi connectivity index (χ3v) is 4.41. The maximum Gasteiger partial charge on any atom is 0.243 e. The predicted molar refractivity (Wildman–Crippen MR) is 54.4 cm³/mol. The van der Waals surface area contributed by atoms with Gasteiger partial charge < -0.3 is 5.73 Å². The molecule has 0 amide bonds. The first kappa shape index (κ1) is 9.48. The van der Waals surface area contributed by atoms with Gasteiger partial charge in [-0.2, -0.15) is 0 Å². The van der Waals surface area contributed by atoms with Crippen molar-refractivity contribution in [3.63, 3.8) is 0 Å². The Morgan fingerprint density at radius 3 is 2.86 bits per heavy atom. The highest BCUT2D eigenvalue weighted by Gasteiger charge is 2.28. The van der Waals surface area contributed by atoms with Crippen LogP contribution in [0, 0.1) is 0 Å². The first-order valence-electron chi connectivity index (χ1n) is 4.36. The highest BCUT2D eigenvalue weighted by molar-refractivity contribution is 7.89. The summed E-state index contributed by atoms with van der Waals surface area (Å²) in [7, 11) is -1.71. The number of nitrogens with two attached hydrogens (primary N) is 1. The van der Waals surface area contributed by atoms with Gasteiger partial charge in [0.2, 0.25) is 10.0 Å². The number of nitrogens with zero attached hydrogens (tertiary/aromatic N) is 1. The van der Waals surface area contributed by atoms with E-state index in [0.29, 0.717) is 17.1 Å². The van der Waals surface area contributed by atoms with Crippen LogP contribution in [0.15, 0.2) is 23.1 Å². The Labute approximate surface area is 83.4 Å². The summed E-state index contributed by atoms with van der Waals surface area (Å²) < 4.78 is 25.0. The number of benzene rings is 1. The number of anilines is 1. The molecule has 2 rings (SSSR count). The second-order valence-electron chi connectivity index (χ2n) is 3.44. The number of nitrogen functional groups attached to an aromatic ring is 1. The molecule has 0 unspecified atom stereocenters. The summed E-state index contributed by atoms with van der Waals surface area (Å²) in [6.07, 6.45) is 0.755. The summed E-state index contributed by atoms with van der Waals surface area (Å²) in [6.45, 7) is 0.541. The molecule has 2 N–H and O–H groups in total. The topological polar surface area (TPSA) is 63.4 Å². The Hall–Kier alpha value is -1.07. The average Bonchev–Trinajstić information content (AvgIpc) is 2.13. The van der Waals surface area contributed by atoms with Crippen molar-refractivity contribution in [2.45, 2.75) is 11.3 Å². The van der Waals surface area contributed by atoms with Gasteiger partial charge in [0.25, 0.3) is 0 Å². The molecular formula is C9H12N2O2S. The Balaban J connectivity index is 2.68. The second kappa shape index (κ2) is 2.96. The van der Waals surface area contributed by atoms with Gasteiger partial charge in [0.1, 0.15) is 0 Å². The zero-order valence-electron chi connectivity index (χ0n) is 7.90. The second-order valence-corrected chi connectivity index (χ2v) is 5.46.